The molecule has 2 N–H and O–H groups in total. The Morgan fingerprint density at radius 3 is 2.38 bits per heavy atom. The van der Waals surface area contributed by atoms with Crippen LogP contribution in [0.15, 0.2) is 18.2 Å². The molecule has 0 aliphatic rings. The van der Waals surface area contributed by atoms with Crippen molar-refractivity contribution in [1.82, 2.24) is 0 Å². The third-order valence-corrected chi connectivity index (χ3v) is 3.35. The summed E-state index contributed by atoms with van der Waals surface area (Å²) < 4.78 is 12.9. The van der Waals surface area contributed by atoms with Gasteiger partial charge in [0.1, 0.15) is 5.82 Å². The van der Waals surface area contributed by atoms with E-state index in [1.807, 2.05) is 6.92 Å². The van der Waals surface area contributed by atoms with Crippen LogP contribution >= 0.6 is 11.6 Å². The minimum Gasteiger partial charge on any atom is -0.328 e. The van der Waals surface area contributed by atoms with Gasteiger partial charge in [-0.05, 0) is 42.9 Å². The lowest BCUT2D eigenvalue weighted by Crippen LogP contribution is -2.32. The molecular weight excluding hydrogens is 225 g/mol. The Morgan fingerprint density at radius 1 is 1.31 bits per heavy atom. The van der Waals surface area contributed by atoms with E-state index < -0.39 is 0 Å². The van der Waals surface area contributed by atoms with Crippen LogP contribution in [0.2, 0.25) is 5.02 Å². The summed E-state index contributed by atoms with van der Waals surface area (Å²) in [4.78, 5) is 0. The Labute approximate surface area is 102 Å². The lowest BCUT2D eigenvalue weighted by molar-refractivity contribution is 0.330. The van der Waals surface area contributed by atoms with Crippen LogP contribution in [0.1, 0.15) is 26.3 Å². The third kappa shape index (κ3) is 3.46. The van der Waals surface area contributed by atoms with E-state index in [1.165, 1.54) is 12.1 Å². The molecule has 3 heteroatoms. The number of halogens is 2. The minimum atomic E-state index is -0.296. The molecule has 0 amide bonds. The third-order valence-electron chi connectivity index (χ3n) is 3.00. The Hall–Kier alpha value is -0.600. The van der Waals surface area contributed by atoms with Crippen molar-refractivity contribution in [2.75, 3.05) is 0 Å². The van der Waals surface area contributed by atoms with Gasteiger partial charge in [-0.25, -0.2) is 4.39 Å². The van der Waals surface area contributed by atoms with Crippen molar-refractivity contribution in [2.24, 2.45) is 17.6 Å². The van der Waals surface area contributed by atoms with Gasteiger partial charge in [0.05, 0.1) is 0 Å². The molecule has 0 spiro atoms. The Kier molecular flexibility index (Phi) is 4.75. The SMILES string of the molecule is CC(C)C(Cc1ccc(F)cc1Cl)C(C)N. The van der Waals surface area contributed by atoms with Crippen molar-refractivity contribution < 1.29 is 4.39 Å². The summed E-state index contributed by atoms with van der Waals surface area (Å²) in [6.07, 6.45) is 0.800. The average Bonchev–Trinajstić information content (AvgIpc) is 2.15. The molecule has 0 saturated carbocycles. The zero-order valence-electron chi connectivity index (χ0n) is 10.0. The molecule has 2 unspecified atom stereocenters. The van der Waals surface area contributed by atoms with Crippen LogP contribution < -0.4 is 5.73 Å². The fourth-order valence-corrected chi connectivity index (χ4v) is 2.21. The van der Waals surface area contributed by atoms with Crippen molar-refractivity contribution >= 4 is 11.6 Å². The van der Waals surface area contributed by atoms with E-state index in [0.717, 1.165) is 12.0 Å². The topological polar surface area (TPSA) is 26.0 Å². The molecule has 1 nitrogen and oxygen atoms in total. The van der Waals surface area contributed by atoms with Gasteiger partial charge in [-0.1, -0.05) is 31.5 Å². The Bertz CT molecular complexity index is 342. The molecule has 1 aromatic carbocycles. The van der Waals surface area contributed by atoms with Crippen LogP contribution in [-0.4, -0.2) is 6.04 Å². The van der Waals surface area contributed by atoms with Crippen molar-refractivity contribution in [3.05, 3.63) is 34.6 Å². The van der Waals surface area contributed by atoms with Crippen molar-refractivity contribution in [1.29, 1.82) is 0 Å². The zero-order valence-corrected chi connectivity index (χ0v) is 10.8. The fraction of sp³-hybridized carbons (Fsp3) is 0.538. The maximum absolute atomic E-state index is 12.9. The second-order valence-corrected chi connectivity index (χ2v) is 5.11. The van der Waals surface area contributed by atoms with Crippen LogP contribution in [0, 0.1) is 17.7 Å². The average molecular weight is 244 g/mol. The standard InChI is InChI=1S/C13H19ClFN/c1-8(2)12(9(3)16)6-10-4-5-11(15)7-13(10)14/h4-5,7-9,12H,6,16H2,1-3H3. The monoisotopic (exact) mass is 243 g/mol. The zero-order chi connectivity index (χ0) is 12.3. The lowest BCUT2D eigenvalue weighted by atomic mass is 9.84. The second-order valence-electron chi connectivity index (χ2n) is 4.71. The second kappa shape index (κ2) is 5.65. The van der Waals surface area contributed by atoms with Gasteiger partial charge in [-0.15, -0.1) is 0 Å². The van der Waals surface area contributed by atoms with E-state index in [0.29, 0.717) is 16.9 Å². The first-order chi connectivity index (χ1) is 7.41. The van der Waals surface area contributed by atoms with E-state index >= 15 is 0 Å². The van der Waals surface area contributed by atoms with Gasteiger partial charge in [0.2, 0.25) is 0 Å². The summed E-state index contributed by atoms with van der Waals surface area (Å²) in [6.45, 7) is 6.29. The van der Waals surface area contributed by atoms with Gasteiger partial charge < -0.3 is 5.73 Å². The first kappa shape index (κ1) is 13.5. The number of benzene rings is 1. The summed E-state index contributed by atoms with van der Waals surface area (Å²) in [6, 6.07) is 4.66. The van der Waals surface area contributed by atoms with Crippen LogP contribution in [0.4, 0.5) is 4.39 Å². The van der Waals surface area contributed by atoms with Crippen LogP contribution in [0.3, 0.4) is 0 Å². The number of rotatable bonds is 4. The highest BCUT2D eigenvalue weighted by molar-refractivity contribution is 6.31. The molecule has 0 heterocycles. The van der Waals surface area contributed by atoms with Crippen molar-refractivity contribution in [3.63, 3.8) is 0 Å². The first-order valence-corrected chi connectivity index (χ1v) is 5.99. The summed E-state index contributed by atoms with van der Waals surface area (Å²) >= 11 is 6.00. The molecule has 90 valence electrons. The summed E-state index contributed by atoms with van der Waals surface area (Å²) in [7, 11) is 0. The summed E-state index contributed by atoms with van der Waals surface area (Å²) in [5, 5.41) is 0.492. The van der Waals surface area contributed by atoms with Gasteiger partial charge in [-0.3, -0.25) is 0 Å². The maximum atomic E-state index is 12.9. The van der Waals surface area contributed by atoms with E-state index in [1.54, 1.807) is 6.07 Å². The van der Waals surface area contributed by atoms with Crippen LogP contribution in [0.25, 0.3) is 0 Å². The molecule has 0 bridgehead atoms. The fourth-order valence-electron chi connectivity index (χ4n) is 1.97. The van der Waals surface area contributed by atoms with Gasteiger partial charge in [0, 0.05) is 11.1 Å². The summed E-state index contributed by atoms with van der Waals surface area (Å²) in [5.41, 5.74) is 6.92. The Balaban J connectivity index is 2.85. The predicted molar refractivity (Wildman–Crippen MR) is 67.1 cm³/mol. The van der Waals surface area contributed by atoms with Crippen molar-refractivity contribution in [2.45, 2.75) is 33.2 Å². The number of nitrogens with two attached hydrogens (primary N) is 1. The normalized spacial score (nSPS) is 15.2. The molecule has 2 atom stereocenters. The molecule has 1 rings (SSSR count). The highest BCUT2D eigenvalue weighted by Gasteiger charge is 2.19. The minimum absolute atomic E-state index is 0.112. The van der Waals surface area contributed by atoms with E-state index in [4.69, 9.17) is 17.3 Å². The Morgan fingerprint density at radius 2 is 1.94 bits per heavy atom. The maximum Gasteiger partial charge on any atom is 0.124 e. The molecule has 1 aromatic rings. The van der Waals surface area contributed by atoms with E-state index in [-0.39, 0.29) is 11.9 Å². The molecule has 0 aromatic heterocycles. The molecule has 0 aliphatic heterocycles. The predicted octanol–water partition coefficient (Wildman–Crippen LogP) is 3.64. The quantitative estimate of drug-likeness (QED) is 0.859. The van der Waals surface area contributed by atoms with Crippen LogP contribution in [-0.2, 0) is 6.42 Å². The smallest absolute Gasteiger partial charge is 0.124 e. The van der Waals surface area contributed by atoms with Gasteiger partial charge in [-0.2, -0.15) is 0 Å². The molecule has 0 saturated heterocycles. The highest BCUT2D eigenvalue weighted by Crippen LogP contribution is 2.25. The van der Waals surface area contributed by atoms with E-state index in [2.05, 4.69) is 13.8 Å². The van der Waals surface area contributed by atoms with Gasteiger partial charge in [0.15, 0.2) is 0 Å². The number of hydrogen-bond donors (Lipinski definition) is 1. The molecule has 16 heavy (non-hydrogen) atoms. The number of hydrogen-bond acceptors (Lipinski definition) is 1. The molecular formula is C13H19ClFN. The molecule has 0 radical (unpaired) electrons. The van der Waals surface area contributed by atoms with Crippen molar-refractivity contribution in [3.8, 4) is 0 Å². The molecule has 0 fully saturated rings. The highest BCUT2D eigenvalue weighted by atomic mass is 35.5. The molecule has 0 aliphatic carbocycles. The van der Waals surface area contributed by atoms with E-state index in [9.17, 15) is 4.39 Å². The van der Waals surface area contributed by atoms with Crippen LogP contribution in [0.5, 0.6) is 0 Å². The van der Waals surface area contributed by atoms with Gasteiger partial charge in [0.25, 0.3) is 0 Å². The summed E-state index contributed by atoms with van der Waals surface area (Å²) in [5.74, 6) is 0.555. The largest absolute Gasteiger partial charge is 0.328 e. The lowest BCUT2D eigenvalue weighted by Gasteiger charge is -2.25. The van der Waals surface area contributed by atoms with Gasteiger partial charge >= 0.3 is 0 Å². The first-order valence-electron chi connectivity index (χ1n) is 5.61.